The van der Waals surface area contributed by atoms with E-state index in [1.54, 1.807) is 0 Å². The van der Waals surface area contributed by atoms with Crippen LogP contribution in [0.25, 0.3) is 0 Å². The summed E-state index contributed by atoms with van der Waals surface area (Å²) in [7, 11) is 0. The van der Waals surface area contributed by atoms with Crippen LogP contribution in [0.3, 0.4) is 0 Å². The van der Waals surface area contributed by atoms with Gasteiger partial charge < -0.3 is 0 Å². The number of rotatable bonds is 7. The zero-order valence-corrected chi connectivity index (χ0v) is 15.4. The van der Waals surface area contributed by atoms with Crippen LogP contribution in [0.1, 0.15) is 86.6 Å². The van der Waals surface area contributed by atoms with Crippen molar-refractivity contribution in [3.63, 3.8) is 0 Å². The van der Waals surface area contributed by atoms with Crippen LogP contribution in [0, 0.1) is 0 Å². The van der Waals surface area contributed by atoms with Gasteiger partial charge in [-0.05, 0) is 25.2 Å². The Balaban J connectivity index is 1.89. The van der Waals surface area contributed by atoms with Gasteiger partial charge in [0.25, 0.3) is 0 Å². The molecule has 0 aromatic carbocycles. The fourth-order valence-corrected chi connectivity index (χ4v) is 4.32. The third kappa shape index (κ3) is 4.36. The van der Waals surface area contributed by atoms with Crippen molar-refractivity contribution in [2.45, 2.75) is 71.6 Å². The maximum Gasteiger partial charge on any atom is 0.0956 e. The summed E-state index contributed by atoms with van der Waals surface area (Å²) in [6.07, 6.45) is 3.42. The molecule has 2 atom stereocenters. The van der Waals surface area contributed by atoms with E-state index in [1.165, 1.54) is 34.2 Å². The Morgan fingerprint density at radius 2 is 1.48 bits per heavy atom. The fraction of sp³-hybridized carbons (Fsp3) is 0.647. The molecule has 0 amide bonds. The summed E-state index contributed by atoms with van der Waals surface area (Å²) in [6, 6.07) is 0. The van der Waals surface area contributed by atoms with Crippen LogP contribution < -0.4 is 0 Å². The summed E-state index contributed by atoms with van der Waals surface area (Å²) in [4.78, 5) is 9.50. The minimum Gasteiger partial charge on any atom is -0.246 e. The van der Waals surface area contributed by atoms with Crippen LogP contribution in [-0.2, 0) is 6.42 Å². The number of hydrogen-bond acceptors (Lipinski definition) is 4. The number of aryl methyl sites for hydroxylation is 1. The SMILES string of the molecule is CCc1csc(C(C)CCC(C)c2nc(C(C)C)cs2)n1. The molecule has 2 rings (SSSR count). The lowest BCUT2D eigenvalue weighted by molar-refractivity contribution is 0.568. The highest BCUT2D eigenvalue weighted by Gasteiger charge is 2.16. The van der Waals surface area contributed by atoms with Gasteiger partial charge in [-0.3, -0.25) is 0 Å². The van der Waals surface area contributed by atoms with E-state index in [2.05, 4.69) is 45.4 Å². The first-order valence-electron chi connectivity index (χ1n) is 7.90. The number of aromatic nitrogens is 2. The van der Waals surface area contributed by atoms with Crippen LogP contribution in [0.2, 0.25) is 0 Å². The third-order valence-corrected chi connectivity index (χ3v) is 6.16. The fourth-order valence-electron chi connectivity index (χ4n) is 2.25. The van der Waals surface area contributed by atoms with Crippen molar-refractivity contribution >= 4 is 22.7 Å². The van der Waals surface area contributed by atoms with Crippen molar-refractivity contribution in [1.82, 2.24) is 9.97 Å². The Bertz CT molecular complexity index is 557. The zero-order valence-electron chi connectivity index (χ0n) is 13.7. The summed E-state index contributed by atoms with van der Waals surface area (Å²) in [5, 5.41) is 7.00. The Kier molecular flexibility index (Phi) is 5.94. The predicted molar refractivity (Wildman–Crippen MR) is 93.8 cm³/mol. The first-order chi connectivity index (χ1) is 10.0. The Hall–Kier alpha value is -0.740. The van der Waals surface area contributed by atoms with Crippen molar-refractivity contribution in [2.24, 2.45) is 0 Å². The predicted octanol–water partition coefficient (Wildman–Crippen LogP) is 5.97. The molecule has 0 fully saturated rings. The molecule has 0 bridgehead atoms. The van der Waals surface area contributed by atoms with Crippen molar-refractivity contribution in [2.75, 3.05) is 0 Å². The molecule has 2 unspecified atom stereocenters. The van der Waals surface area contributed by atoms with Gasteiger partial charge in [0, 0.05) is 22.6 Å². The molecule has 2 heterocycles. The largest absolute Gasteiger partial charge is 0.246 e. The molecule has 0 spiro atoms. The first kappa shape index (κ1) is 16.6. The highest BCUT2D eigenvalue weighted by Crippen LogP contribution is 2.31. The molecule has 2 nitrogen and oxygen atoms in total. The summed E-state index contributed by atoms with van der Waals surface area (Å²) in [5.74, 6) is 1.64. The topological polar surface area (TPSA) is 25.8 Å². The first-order valence-corrected chi connectivity index (χ1v) is 9.66. The monoisotopic (exact) mass is 322 g/mol. The maximum atomic E-state index is 4.78. The van der Waals surface area contributed by atoms with Crippen LogP contribution >= 0.6 is 22.7 Å². The maximum absolute atomic E-state index is 4.78. The van der Waals surface area contributed by atoms with Crippen LogP contribution in [0.15, 0.2) is 10.8 Å². The van der Waals surface area contributed by atoms with E-state index < -0.39 is 0 Å². The van der Waals surface area contributed by atoms with Gasteiger partial charge in [0.1, 0.15) is 0 Å². The number of hydrogen-bond donors (Lipinski definition) is 0. The van der Waals surface area contributed by atoms with Gasteiger partial charge in [0.05, 0.1) is 21.4 Å². The molecule has 116 valence electrons. The van der Waals surface area contributed by atoms with Crippen LogP contribution in [-0.4, -0.2) is 9.97 Å². The molecule has 2 aromatic rings. The molecule has 21 heavy (non-hydrogen) atoms. The Morgan fingerprint density at radius 1 is 0.905 bits per heavy atom. The summed E-state index contributed by atoms with van der Waals surface area (Å²) < 4.78 is 0. The number of thiazole rings is 2. The van der Waals surface area contributed by atoms with Crippen LogP contribution in [0.5, 0.6) is 0 Å². The highest BCUT2D eigenvalue weighted by molar-refractivity contribution is 7.10. The van der Waals surface area contributed by atoms with Crippen molar-refractivity contribution in [3.8, 4) is 0 Å². The quantitative estimate of drug-likeness (QED) is 0.627. The molecule has 4 heteroatoms. The highest BCUT2D eigenvalue weighted by atomic mass is 32.1. The van der Waals surface area contributed by atoms with E-state index in [9.17, 15) is 0 Å². The minimum atomic E-state index is 0.531. The van der Waals surface area contributed by atoms with Crippen LogP contribution in [0.4, 0.5) is 0 Å². The van der Waals surface area contributed by atoms with Gasteiger partial charge in [-0.25, -0.2) is 9.97 Å². The summed E-state index contributed by atoms with van der Waals surface area (Å²) in [6.45, 7) is 11.2. The average Bonchev–Trinajstić information content (AvgIpc) is 3.12. The molecular formula is C17H26N2S2. The lowest BCUT2D eigenvalue weighted by atomic mass is 9.99. The van der Waals surface area contributed by atoms with Crippen molar-refractivity contribution in [1.29, 1.82) is 0 Å². The van der Waals surface area contributed by atoms with E-state index in [0.29, 0.717) is 17.8 Å². The van der Waals surface area contributed by atoms with Gasteiger partial charge in [0.15, 0.2) is 0 Å². The van der Waals surface area contributed by atoms with E-state index >= 15 is 0 Å². The molecule has 0 saturated carbocycles. The van der Waals surface area contributed by atoms with E-state index in [-0.39, 0.29) is 0 Å². The van der Waals surface area contributed by atoms with Gasteiger partial charge in [-0.1, -0.05) is 34.6 Å². The van der Waals surface area contributed by atoms with Gasteiger partial charge in [-0.15, -0.1) is 22.7 Å². The van der Waals surface area contributed by atoms with Gasteiger partial charge in [0.2, 0.25) is 0 Å². The molecule has 0 saturated heterocycles. The Labute approximate surface area is 136 Å². The third-order valence-electron chi connectivity index (χ3n) is 3.94. The molecule has 2 aromatic heterocycles. The lowest BCUT2D eigenvalue weighted by Crippen LogP contribution is -1.99. The molecule has 0 aliphatic carbocycles. The molecule has 0 aliphatic heterocycles. The molecule has 0 radical (unpaired) electrons. The van der Waals surface area contributed by atoms with Crippen molar-refractivity contribution in [3.05, 3.63) is 32.2 Å². The standard InChI is InChI=1S/C17H26N2S2/c1-6-14-9-20-16(18-14)12(4)7-8-13(5)17-19-15(10-21-17)11(2)3/h9-13H,6-8H2,1-5H3. The lowest BCUT2D eigenvalue weighted by Gasteiger charge is -2.12. The van der Waals surface area contributed by atoms with E-state index in [1.807, 2.05) is 22.7 Å². The van der Waals surface area contributed by atoms with Crippen molar-refractivity contribution < 1.29 is 0 Å². The second-order valence-electron chi connectivity index (χ2n) is 6.18. The summed E-state index contributed by atoms with van der Waals surface area (Å²) in [5.41, 5.74) is 2.47. The summed E-state index contributed by atoms with van der Waals surface area (Å²) >= 11 is 3.63. The second kappa shape index (κ2) is 7.50. The molecule has 0 aliphatic rings. The molecular weight excluding hydrogens is 296 g/mol. The minimum absolute atomic E-state index is 0.531. The normalized spacial score (nSPS) is 14.6. The Morgan fingerprint density at radius 3 is 1.95 bits per heavy atom. The average molecular weight is 323 g/mol. The van der Waals surface area contributed by atoms with E-state index in [4.69, 9.17) is 9.97 Å². The van der Waals surface area contributed by atoms with E-state index in [0.717, 1.165) is 6.42 Å². The molecule has 0 N–H and O–H groups in total. The number of nitrogens with zero attached hydrogens (tertiary/aromatic N) is 2. The second-order valence-corrected chi connectivity index (χ2v) is 7.95. The van der Waals surface area contributed by atoms with Gasteiger partial charge in [-0.2, -0.15) is 0 Å². The zero-order chi connectivity index (χ0) is 15.4. The van der Waals surface area contributed by atoms with Gasteiger partial charge >= 0.3 is 0 Å². The smallest absolute Gasteiger partial charge is 0.0956 e.